The van der Waals surface area contributed by atoms with E-state index in [1.165, 1.54) is 0 Å². The first-order valence-corrected chi connectivity index (χ1v) is 6.64. The van der Waals surface area contributed by atoms with Crippen LogP contribution in [0.3, 0.4) is 0 Å². The molecule has 6 heteroatoms. The van der Waals surface area contributed by atoms with Crippen molar-refractivity contribution in [1.29, 1.82) is 0 Å². The summed E-state index contributed by atoms with van der Waals surface area (Å²) in [4.78, 5) is 36.4. The Labute approximate surface area is 112 Å². The molecule has 19 heavy (non-hydrogen) atoms. The van der Waals surface area contributed by atoms with E-state index in [1.54, 1.807) is 18.7 Å². The fourth-order valence-electron chi connectivity index (χ4n) is 2.94. The number of carbonyl (C=O) groups excluding carboxylic acids is 2. The Bertz CT molecular complexity index is 413. The van der Waals surface area contributed by atoms with Crippen molar-refractivity contribution < 1.29 is 19.5 Å². The van der Waals surface area contributed by atoms with E-state index in [1.807, 2.05) is 0 Å². The van der Waals surface area contributed by atoms with Gasteiger partial charge >= 0.3 is 5.97 Å². The van der Waals surface area contributed by atoms with E-state index in [-0.39, 0.29) is 18.4 Å². The molecular weight excluding hydrogens is 248 g/mol. The highest BCUT2D eigenvalue weighted by Gasteiger charge is 2.65. The third-order valence-electron chi connectivity index (χ3n) is 4.25. The molecule has 1 aliphatic heterocycles. The zero-order chi connectivity index (χ0) is 14.2. The summed E-state index contributed by atoms with van der Waals surface area (Å²) >= 11 is 0. The second kappa shape index (κ2) is 4.83. The molecular formula is C13H20N2O4. The smallest absolute Gasteiger partial charge is 0.307 e. The largest absolute Gasteiger partial charge is 0.481 e. The van der Waals surface area contributed by atoms with E-state index in [2.05, 4.69) is 5.32 Å². The van der Waals surface area contributed by atoms with Gasteiger partial charge in [0.15, 0.2) is 0 Å². The number of carbonyl (C=O) groups is 3. The number of hydrogen-bond acceptors (Lipinski definition) is 3. The molecule has 106 valence electrons. The van der Waals surface area contributed by atoms with Crippen molar-refractivity contribution in [3.05, 3.63) is 0 Å². The highest BCUT2D eigenvalue weighted by molar-refractivity contribution is 5.93. The molecule has 1 saturated carbocycles. The first kappa shape index (κ1) is 13.8. The Morgan fingerprint density at radius 1 is 1.21 bits per heavy atom. The minimum atomic E-state index is -0.948. The van der Waals surface area contributed by atoms with Gasteiger partial charge in [0.1, 0.15) is 0 Å². The zero-order valence-corrected chi connectivity index (χ0v) is 11.3. The molecule has 2 aliphatic rings. The summed E-state index contributed by atoms with van der Waals surface area (Å²) in [6, 6.07) is 0. The maximum atomic E-state index is 11.9. The van der Waals surface area contributed by atoms with E-state index >= 15 is 0 Å². The normalized spacial score (nSPS) is 28.0. The molecule has 0 radical (unpaired) electrons. The van der Waals surface area contributed by atoms with Crippen LogP contribution in [0.25, 0.3) is 0 Å². The van der Waals surface area contributed by atoms with E-state index in [4.69, 9.17) is 5.11 Å². The van der Waals surface area contributed by atoms with Crippen LogP contribution in [0.5, 0.6) is 0 Å². The minimum Gasteiger partial charge on any atom is -0.481 e. The number of rotatable bonds is 4. The number of hydrogen-bond donors (Lipinski definition) is 2. The average molecular weight is 268 g/mol. The Kier molecular flexibility index (Phi) is 3.52. The van der Waals surface area contributed by atoms with Gasteiger partial charge in [-0.3, -0.25) is 14.4 Å². The number of likely N-dealkylation sites (tertiary alicyclic amines) is 1. The van der Waals surface area contributed by atoms with Crippen molar-refractivity contribution >= 4 is 17.8 Å². The molecule has 1 aliphatic carbocycles. The molecule has 2 unspecified atom stereocenters. The topological polar surface area (TPSA) is 86.7 Å². The lowest BCUT2D eigenvalue weighted by Crippen LogP contribution is -2.39. The van der Waals surface area contributed by atoms with Crippen LogP contribution in [0.1, 0.15) is 26.7 Å². The molecule has 2 atom stereocenters. The summed E-state index contributed by atoms with van der Waals surface area (Å²) in [5, 5.41) is 11.6. The van der Waals surface area contributed by atoms with Crippen LogP contribution >= 0.6 is 0 Å². The second-order valence-corrected chi connectivity index (χ2v) is 5.92. The van der Waals surface area contributed by atoms with Gasteiger partial charge in [0, 0.05) is 13.1 Å². The molecule has 2 N–H and O–H groups in total. The summed E-state index contributed by atoms with van der Waals surface area (Å²) in [6.45, 7) is 5.00. The van der Waals surface area contributed by atoms with Crippen molar-refractivity contribution in [2.45, 2.75) is 26.7 Å². The van der Waals surface area contributed by atoms with E-state index in [0.717, 1.165) is 25.9 Å². The van der Waals surface area contributed by atoms with E-state index < -0.39 is 23.2 Å². The second-order valence-electron chi connectivity index (χ2n) is 5.92. The standard InChI is InChI=1S/C13H20N2O4/c1-13(2)9(10(13)12(18)19)11(17)14-7-8(16)15-5-3-4-6-15/h9-10H,3-7H2,1-2H3,(H,14,17)(H,18,19). The van der Waals surface area contributed by atoms with Crippen molar-refractivity contribution in [3.8, 4) is 0 Å². The van der Waals surface area contributed by atoms with E-state index in [9.17, 15) is 14.4 Å². The van der Waals surface area contributed by atoms with Gasteiger partial charge in [0.25, 0.3) is 0 Å². The monoisotopic (exact) mass is 268 g/mol. The third-order valence-corrected chi connectivity index (χ3v) is 4.25. The quantitative estimate of drug-likeness (QED) is 0.756. The zero-order valence-electron chi connectivity index (χ0n) is 11.3. The lowest BCUT2D eigenvalue weighted by molar-refractivity contribution is -0.140. The lowest BCUT2D eigenvalue weighted by Gasteiger charge is -2.15. The average Bonchev–Trinajstić information content (AvgIpc) is 2.74. The molecule has 1 heterocycles. The van der Waals surface area contributed by atoms with Gasteiger partial charge in [0.2, 0.25) is 11.8 Å². The van der Waals surface area contributed by atoms with Crippen molar-refractivity contribution in [3.63, 3.8) is 0 Å². The fourth-order valence-corrected chi connectivity index (χ4v) is 2.94. The van der Waals surface area contributed by atoms with Crippen LogP contribution in [-0.2, 0) is 14.4 Å². The summed E-state index contributed by atoms with van der Waals surface area (Å²) in [5.74, 6) is -2.54. The molecule has 0 aromatic heterocycles. The van der Waals surface area contributed by atoms with Crippen LogP contribution in [0.2, 0.25) is 0 Å². The Balaban J connectivity index is 1.82. The molecule has 0 aromatic carbocycles. The number of carboxylic acid groups (broad SMARTS) is 1. The minimum absolute atomic E-state index is 0.0300. The predicted molar refractivity (Wildman–Crippen MR) is 67.2 cm³/mol. The van der Waals surface area contributed by atoms with E-state index in [0.29, 0.717) is 0 Å². The van der Waals surface area contributed by atoms with Crippen molar-refractivity contribution in [2.24, 2.45) is 17.3 Å². The van der Waals surface area contributed by atoms with Gasteiger partial charge in [-0.05, 0) is 18.3 Å². The number of nitrogens with one attached hydrogen (secondary N) is 1. The molecule has 0 bridgehead atoms. The highest BCUT2D eigenvalue weighted by Crippen LogP contribution is 2.58. The third kappa shape index (κ3) is 2.57. The molecule has 0 spiro atoms. The van der Waals surface area contributed by atoms with Crippen molar-refractivity contribution in [1.82, 2.24) is 10.2 Å². The molecule has 6 nitrogen and oxygen atoms in total. The van der Waals surface area contributed by atoms with Crippen LogP contribution in [0.4, 0.5) is 0 Å². The highest BCUT2D eigenvalue weighted by atomic mass is 16.4. The maximum absolute atomic E-state index is 11.9. The van der Waals surface area contributed by atoms with Gasteiger partial charge in [0.05, 0.1) is 18.4 Å². The van der Waals surface area contributed by atoms with Gasteiger partial charge in [-0.15, -0.1) is 0 Å². The summed E-state index contributed by atoms with van der Waals surface area (Å²) in [7, 11) is 0. The first-order valence-electron chi connectivity index (χ1n) is 6.64. The molecule has 0 aromatic rings. The predicted octanol–water partition coefficient (Wildman–Crippen LogP) is 0.0818. The summed E-state index contributed by atoms with van der Waals surface area (Å²) in [5.41, 5.74) is -0.521. The number of nitrogens with zero attached hydrogens (tertiary/aromatic N) is 1. The van der Waals surface area contributed by atoms with Gasteiger partial charge in [-0.25, -0.2) is 0 Å². The summed E-state index contributed by atoms with van der Waals surface area (Å²) < 4.78 is 0. The molecule has 2 fully saturated rings. The molecule has 2 rings (SSSR count). The maximum Gasteiger partial charge on any atom is 0.307 e. The van der Waals surface area contributed by atoms with Crippen molar-refractivity contribution in [2.75, 3.05) is 19.6 Å². The number of carboxylic acids is 1. The Hall–Kier alpha value is -1.59. The fraction of sp³-hybridized carbons (Fsp3) is 0.769. The van der Waals surface area contributed by atoms with Crippen LogP contribution in [0, 0.1) is 17.3 Å². The lowest BCUT2D eigenvalue weighted by atomic mass is 10.1. The van der Waals surface area contributed by atoms with Gasteiger partial charge in [-0.2, -0.15) is 0 Å². The summed E-state index contributed by atoms with van der Waals surface area (Å²) in [6.07, 6.45) is 2.02. The van der Waals surface area contributed by atoms with Crippen LogP contribution in [-0.4, -0.2) is 47.4 Å². The van der Waals surface area contributed by atoms with Crippen LogP contribution in [0.15, 0.2) is 0 Å². The number of aliphatic carboxylic acids is 1. The van der Waals surface area contributed by atoms with Gasteiger partial charge in [-0.1, -0.05) is 13.8 Å². The Morgan fingerprint density at radius 3 is 2.26 bits per heavy atom. The van der Waals surface area contributed by atoms with Crippen LogP contribution < -0.4 is 5.32 Å². The SMILES string of the molecule is CC1(C)C(C(=O)O)C1C(=O)NCC(=O)N1CCCC1. The Morgan fingerprint density at radius 2 is 1.79 bits per heavy atom. The number of amides is 2. The first-order chi connectivity index (χ1) is 8.85. The molecule has 2 amide bonds. The van der Waals surface area contributed by atoms with Gasteiger partial charge < -0.3 is 15.3 Å². The molecule has 1 saturated heterocycles.